The number of morpholine rings is 1. The minimum atomic E-state index is 0. The SMILES string of the molecule is Cl.Clc1ccc(CNC2CCCC2C2COCCN2)s1. The second kappa shape index (κ2) is 7.97. The molecule has 1 aromatic rings. The smallest absolute Gasteiger partial charge is 0.0931 e. The topological polar surface area (TPSA) is 33.3 Å². The van der Waals surface area contributed by atoms with Crippen LogP contribution in [0.2, 0.25) is 4.34 Å². The maximum atomic E-state index is 5.97. The number of rotatable bonds is 4. The largest absolute Gasteiger partial charge is 0.379 e. The molecular formula is C14H22Cl2N2OS. The quantitative estimate of drug-likeness (QED) is 0.886. The zero-order chi connectivity index (χ0) is 13.1. The summed E-state index contributed by atoms with van der Waals surface area (Å²) in [4.78, 5) is 1.32. The van der Waals surface area contributed by atoms with Gasteiger partial charge in [0, 0.05) is 30.1 Å². The molecular weight excluding hydrogens is 315 g/mol. The fourth-order valence-corrected chi connectivity index (χ4v) is 4.30. The van der Waals surface area contributed by atoms with Gasteiger partial charge in [0.1, 0.15) is 0 Å². The van der Waals surface area contributed by atoms with Crippen LogP contribution >= 0.6 is 35.3 Å². The third kappa shape index (κ3) is 4.09. The van der Waals surface area contributed by atoms with E-state index in [2.05, 4.69) is 16.7 Å². The molecule has 3 rings (SSSR count). The lowest BCUT2D eigenvalue weighted by molar-refractivity contribution is 0.0524. The molecule has 2 fully saturated rings. The van der Waals surface area contributed by atoms with Gasteiger partial charge in [0.15, 0.2) is 0 Å². The first-order chi connectivity index (χ1) is 9.33. The van der Waals surface area contributed by atoms with Gasteiger partial charge in [-0.05, 0) is 30.9 Å². The van der Waals surface area contributed by atoms with Crippen molar-refractivity contribution in [3.05, 3.63) is 21.3 Å². The Hall–Kier alpha value is 0.160. The summed E-state index contributed by atoms with van der Waals surface area (Å²) >= 11 is 7.64. The molecule has 0 amide bonds. The van der Waals surface area contributed by atoms with Gasteiger partial charge in [0.05, 0.1) is 17.6 Å². The van der Waals surface area contributed by atoms with Crippen molar-refractivity contribution in [2.45, 2.75) is 37.9 Å². The van der Waals surface area contributed by atoms with E-state index in [0.29, 0.717) is 18.0 Å². The van der Waals surface area contributed by atoms with Crippen molar-refractivity contribution >= 4 is 35.3 Å². The van der Waals surface area contributed by atoms with Gasteiger partial charge in [-0.15, -0.1) is 23.7 Å². The molecule has 0 radical (unpaired) electrons. The lowest BCUT2D eigenvalue weighted by atomic mass is 9.94. The van der Waals surface area contributed by atoms with Crippen LogP contribution in [-0.4, -0.2) is 31.8 Å². The van der Waals surface area contributed by atoms with Gasteiger partial charge in [-0.2, -0.15) is 0 Å². The van der Waals surface area contributed by atoms with Crippen molar-refractivity contribution in [2.75, 3.05) is 19.8 Å². The molecule has 1 saturated carbocycles. The first kappa shape index (κ1) is 16.5. The minimum Gasteiger partial charge on any atom is -0.379 e. The molecule has 20 heavy (non-hydrogen) atoms. The number of halogens is 2. The molecule has 2 N–H and O–H groups in total. The molecule has 2 aliphatic rings. The van der Waals surface area contributed by atoms with Gasteiger partial charge < -0.3 is 15.4 Å². The Balaban J connectivity index is 0.00000147. The summed E-state index contributed by atoms with van der Waals surface area (Å²) in [7, 11) is 0. The van der Waals surface area contributed by atoms with Crippen molar-refractivity contribution in [1.29, 1.82) is 0 Å². The van der Waals surface area contributed by atoms with E-state index < -0.39 is 0 Å². The lowest BCUT2D eigenvalue weighted by Crippen LogP contribution is -2.50. The summed E-state index contributed by atoms with van der Waals surface area (Å²) in [6, 6.07) is 5.23. The molecule has 3 unspecified atom stereocenters. The maximum Gasteiger partial charge on any atom is 0.0931 e. The first-order valence-corrected chi connectivity index (χ1v) is 8.31. The molecule has 3 atom stereocenters. The number of hydrogen-bond acceptors (Lipinski definition) is 4. The Morgan fingerprint density at radius 1 is 1.40 bits per heavy atom. The van der Waals surface area contributed by atoms with Crippen molar-refractivity contribution < 1.29 is 4.74 Å². The summed E-state index contributed by atoms with van der Waals surface area (Å²) in [5.74, 6) is 0.704. The van der Waals surface area contributed by atoms with E-state index in [1.807, 2.05) is 6.07 Å². The molecule has 0 aromatic carbocycles. The standard InChI is InChI=1S/C14H21ClN2OS.ClH/c15-14-5-4-10(19-14)8-17-12-3-1-2-11(12)13-9-18-7-6-16-13;/h4-5,11-13,16-17H,1-3,6-9H2;1H. The van der Waals surface area contributed by atoms with Crippen molar-refractivity contribution in [2.24, 2.45) is 5.92 Å². The summed E-state index contributed by atoms with van der Waals surface area (Å²) < 4.78 is 6.48. The predicted octanol–water partition coefficient (Wildman–Crippen LogP) is 3.07. The van der Waals surface area contributed by atoms with Crippen LogP contribution in [0.3, 0.4) is 0 Å². The van der Waals surface area contributed by atoms with Gasteiger partial charge in [-0.3, -0.25) is 0 Å². The second-order valence-electron chi connectivity index (χ2n) is 5.42. The lowest BCUT2D eigenvalue weighted by Gasteiger charge is -2.33. The highest BCUT2D eigenvalue weighted by molar-refractivity contribution is 7.16. The molecule has 1 aliphatic heterocycles. The average Bonchev–Trinajstić information content (AvgIpc) is 3.06. The number of nitrogens with one attached hydrogen (secondary N) is 2. The van der Waals surface area contributed by atoms with Gasteiger partial charge in [-0.25, -0.2) is 0 Å². The van der Waals surface area contributed by atoms with E-state index >= 15 is 0 Å². The first-order valence-electron chi connectivity index (χ1n) is 7.11. The van der Waals surface area contributed by atoms with Gasteiger partial charge in [0.25, 0.3) is 0 Å². The second-order valence-corrected chi connectivity index (χ2v) is 7.22. The molecule has 3 nitrogen and oxygen atoms in total. The highest BCUT2D eigenvalue weighted by atomic mass is 35.5. The van der Waals surface area contributed by atoms with Gasteiger partial charge >= 0.3 is 0 Å². The minimum absolute atomic E-state index is 0. The van der Waals surface area contributed by atoms with Crippen LogP contribution in [0.5, 0.6) is 0 Å². The fourth-order valence-electron chi connectivity index (χ4n) is 3.26. The predicted molar refractivity (Wildman–Crippen MR) is 87.2 cm³/mol. The summed E-state index contributed by atoms with van der Waals surface area (Å²) in [6.07, 6.45) is 3.91. The molecule has 1 aliphatic carbocycles. The van der Waals surface area contributed by atoms with Crippen LogP contribution in [0.4, 0.5) is 0 Å². The summed E-state index contributed by atoms with van der Waals surface area (Å²) in [5.41, 5.74) is 0. The zero-order valence-corrected chi connectivity index (χ0v) is 13.8. The highest BCUT2D eigenvalue weighted by Gasteiger charge is 2.34. The fraction of sp³-hybridized carbons (Fsp3) is 0.714. The van der Waals surface area contributed by atoms with Crippen LogP contribution in [-0.2, 0) is 11.3 Å². The zero-order valence-electron chi connectivity index (χ0n) is 11.4. The van der Waals surface area contributed by atoms with Crippen molar-refractivity contribution in [3.63, 3.8) is 0 Å². The molecule has 114 valence electrons. The molecule has 0 spiro atoms. The molecule has 2 heterocycles. The Morgan fingerprint density at radius 3 is 3.00 bits per heavy atom. The average molecular weight is 337 g/mol. The van der Waals surface area contributed by atoms with E-state index in [9.17, 15) is 0 Å². The maximum absolute atomic E-state index is 5.97. The molecule has 6 heteroatoms. The molecule has 1 aromatic heterocycles. The molecule has 0 bridgehead atoms. The van der Waals surface area contributed by atoms with Crippen molar-refractivity contribution in [3.8, 4) is 0 Å². The Bertz CT molecular complexity index is 410. The van der Waals surface area contributed by atoms with Crippen molar-refractivity contribution in [1.82, 2.24) is 10.6 Å². The van der Waals surface area contributed by atoms with E-state index in [1.54, 1.807) is 11.3 Å². The Kier molecular flexibility index (Phi) is 6.59. The number of hydrogen-bond donors (Lipinski definition) is 2. The summed E-state index contributed by atoms with van der Waals surface area (Å²) in [6.45, 7) is 3.66. The van der Waals surface area contributed by atoms with Crippen LogP contribution in [0, 0.1) is 5.92 Å². The van der Waals surface area contributed by atoms with E-state index in [4.69, 9.17) is 16.3 Å². The normalized spacial score (nSPS) is 30.1. The number of ether oxygens (including phenoxy) is 1. The summed E-state index contributed by atoms with van der Waals surface area (Å²) in [5, 5.41) is 7.32. The van der Waals surface area contributed by atoms with Crippen LogP contribution in [0.1, 0.15) is 24.1 Å². The van der Waals surface area contributed by atoms with Crippen LogP contribution in [0.15, 0.2) is 12.1 Å². The molecule has 1 saturated heterocycles. The van der Waals surface area contributed by atoms with Crippen LogP contribution < -0.4 is 10.6 Å². The third-order valence-corrected chi connectivity index (χ3v) is 5.44. The Morgan fingerprint density at radius 2 is 2.30 bits per heavy atom. The van der Waals surface area contributed by atoms with Crippen LogP contribution in [0.25, 0.3) is 0 Å². The van der Waals surface area contributed by atoms with E-state index in [1.165, 1.54) is 24.1 Å². The third-order valence-electron chi connectivity index (χ3n) is 4.20. The Labute approximate surface area is 135 Å². The highest BCUT2D eigenvalue weighted by Crippen LogP contribution is 2.30. The van der Waals surface area contributed by atoms with Gasteiger partial charge in [-0.1, -0.05) is 18.0 Å². The van der Waals surface area contributed by atoms with E-state index in [0.717, 1.165) is 30.6 Å². The number of thiophene rings is 1. The van der Waals surface area contributed by atoms with Gasteiger partial charge in [0.2, 0.25) is 0 Å². The van der Waals surface area contributed by atoms with E-state index in [-0.39, 0.29) is 12.4 Å². The monoisotopic (exact) mass is 336 g/mol.